The van der Waals surface area contributed by atoms with Crippen molar-refractivity contribution in [2.45, 2.75) is 0 Å². The first-order valence-electron chi connectivity index (χ1n) is 6.48. The number of methoxy groups -OCH3 is 3. The van der Waals surface area contributed by atoms with Crippen LogP contribution in [0.15, 0.2) is 30.9 Å². The third-order valence-electron chi connectivity index (χ3n) is 3.15. The summed E-state index contributed by atoms with van der Waals surface area (Å²) in [6, 6.07) is 3.61. The quantitative estimate of drug-likeness (QED) is 0.771. The first-order chi connectivity index (χ1) is 10.8. The van der Waals surface area contributed by atoms with E-state index in [2.05, 4.69) is 20.2 Å². The first kappa shape index (κ1) is 13.9. The summed E-state index contributed by atoms with van der Waals surface area (Å²) in [4.78, 5) is 8.40. The highest BCUT2D eigenvalue weighted by atomic mass is 16.5. The largest absolute Gasteiger partial charge is 0.493 e. The zero-order valence-corrected chi connectivity index (χ0v) is 12.4. The Labute approximate surface area is 126 Å². The number of H-pyrrole nitrogens is 1. The average molecular weight is 301 g/mol. The molecule has 8 nitrogen and oxygen atoms in total. The van der Waals surface area contributed by atoms with Crippen LogP contribution in [0.1, 0.15) is 0 Å². The Bertz CT molecular complexity index is 742. The lowest BCUT2D eigenvalue weighted by Crippen LogP contribution is -1.96. The summed E-state index contributed by atoms with van der Waals surface area (Å²) in [5.41, 5.74) is 0.772. The highest BCUT2D eigenvalue weighted by Gasteiger charge is 2.16. The van der Waals surface area contributed by atoms with Gasteiger partial charge < -0.3 is 14.2 Å². The first-order valence-corrected chi connectivity index (χ1v) is 6.48. The molecule has 114 valence electrons. The van der Waals surface area contributed by atoms with E-state index in [0.717, 1.165) is 5.56 Å². The summed E-state index contributed by atoms with van der Waals surface area (Å²) in [5.74, 6) is 2.72. The highest BCUT2D eigenvalue weighted by Crippen LogP contribution is 2.40. The number of hydrogen-bond acceptors (Lipinski definition) is 6. The molecule has 0 unspecified atom stereocenters. The standard InChI is InChI=1S/C14H15N5O3/c1-20-10-6-9(7-11(21-2)12(10)22-3)13-16-14(18-17-13)19-5-4-15-8-19/h4-8H,1-3H3,(H,16,17,18). The van der Waals surface area contributed by atoms with E-state index in [4.69, 9.17) is 14.2 Å². The van der Waals surface area contributed by atoms with Crippen LogP contribution in [-0.2, 0) is 0 Å². The molecule has 2 heterocycles. The lowest BCUT2D eigenvalue weighted by Gasteiger charge is -2.13. The molecule has 0 radical (unpaired) electrons. The molecule has 2 aromatic heterocycles. The molecule has 0 saturated carbocycles. The van der Waals surface area contributed by atoms with Crippen LogP contribution >= 0.6 is 0 Å². The lowest BCUT2D eigenvalue weighted by molar-refractivity contribution is 0.324. The fourth-order valence-electron chi connectivity index (χ4n) is 2.09. The van der Waals surface area contributed by atoms with Gasteiger partial charge in [0, 0.05) is 18.0 Å². The van der Waals surface area contributed by atoms with Gasteiger partial charge in [-0.15, -0.1) is 5.10 Å². The van der Waals surface area contributed by atoms with E-state index in [1.807, 2.05) is 0 Å². The Morgan fingerprint density at radius 1 is 1.05 bits per heavy atom. The minimum absolute atomic E-state index is 0.501. The van der Waals surface area contributed by atoms with E-state index in [1.54, 1.807) is 56.8 Å². The van der Waals surface area contributed by atoms with E-state index >= 15 is 0 Å². The number of hydrogen-bond donors (Lipinski definition) is 1. The summed E-state index contributed by atoms with van der Waals surface area (Å²) in [5, 5.41) is 7.05. The van der Waals surface area contributed by atoms with E-state index in [1.165, 1.54) is 0 Å². The molecule has 0 spiro atoms. The number of aromatic nitrogens is 5. The zero-order valence-electron chi connectivity index (χ0n) is 12.4. The molecule has 0 bridgehead atoms. The van der Waals surface area contributed by atoms with Crippen LogP contribution in [-0.4, -0.2) is 46.1 Å². The minimum Gasteiger partial charge on any atom is -0.493 e. The summed E-state index contributed by atoms with van der Waals surface area (Å²) in [6.45, 7) is 0. The highest BCUT2D eigenvalue weighted by molar-refractivity contribution is 5.66. The van der Waals surface area contributed by atoms with Crippen LogP contribution in [0.2, 0.25) is 0 Å². The maximum absolute atomic E-state index is 5.34. The molecule has 0 aliphatic rings. The molecule has 3 aromatic rings. The van der Waals surface area contributed by atoms with Crippen molar-refractivity contribution < 1.29 is 14.2 Å². The number of aromatic amines is 1. The van der Waals surface area contributed by atoms with Crippen molar-refractivity contribution in [2.24, 2.45) is 0 Å². The maximum Gasteiger partial charge on any atom is 0.254 e. The van der Waals surface area contributed by atoms with Gasteiger partial charge in [0.25, 0.3) is 5.95 Å². The van der Waals surface area contributed by atoms with Gasteiger partial charge in [0.1, 0.15) is 6.33 Å². The Morgan fingerprint density at radius 2 is 1.77 bits per heavy atom. The molecule has 1 N–H and O–H groups in total. The van der Waals surface area contributed by atoms with Gasteiger partial charge in [-0.3, -0.25) is 9.67 Å². The Morgan fingerprint density at radius 3 is 2.32 bits per heavy atom. The number of imidazole rings is 1. The van der Waals surface area contributed by atoms with Crippen molar-refractivity contribution in [3.63, 3.8) is 0 Å². The number of benzene rings is 1. The van der Waals surface area contributed by atoms with Crippen molar-refractivity contribution in [1.82, 2.24) is 24.7 Å². The van der Waals surface area contributed by atoms with Gasteiger partial charge in [-0.25, -0.2) is 4.98 Å². The van der Waals surface area contributed by atoms with E-state index in [9.17, 15) is 0 Å². The number of nitrogens with zero attached hydrogens (tertiary/aromatic N) is 4. The fraction of sp³-hybridized carbons (Fsp3) is 0.214. The molecule has 0 amide bonds. The third kappa shape index (κ3) is 2.34. The van der Waals surface area contributed by atoms with E-state index in [-0.39, 0.29) is 0 Å². The minimum atomic E-state index is 0.501. The molecular weight excluding hydrogens is 286 g/mol. The van der Waals surface area contributed by atoms with Crippen LogP contribution in [0.25, 0.3) is 17.3 Å². The normalized spacial score (nSPS) is 10.5. The molecule has 22 heavy (non-hydrogen) atoms. The SMILES string of the molecule is COc1cc(-c2nc(-n3ccnc3)n[nH]2)cc(OC)c1OC. The molecule has 0 aliphatic carbocycles. The van der Waals surface area contributed by atoms with Gasteiger partial charge in [0.15, 0.2) is 17.3 Å². The molecular formula is C14H15N5O3. The van der Waals surface area contributed by atoms with Crippen molar-refractivity contribution in [3.05, 3.63) is 30.9 Å². The summed E-state index contributed by atoms with van der Waals surface area (Å²) in [7, 11) is 4.70. The second kappa shape index (κ2) is 5.76. The maximum atomic E-state index is 5.34. The van der Waals surface area contributed by atoms with Crippen molar-refractivity contribution in [1.29, 1.82) is 0 Å². The molecule has 0 atom stereocenters. The summed E-state index contributed by atoms with van der Waals surface area (Å²) in [6.07, 6.45) is 5.06. The summed E-state index contributed by atoms with van der Waals surface area (Å²) >= 11 is 0. The topological polar surface area (TPSA) is 87.1 Å². The summed E-state index contributed by atoms with van der Waals surface area (Å²) < 4.78 is 17.7. The van der Waals surface area contributed by atoms with Crippen molar-refractivity contribution in [2.75, 3.05) is 21.3 Å². The smallest absolute Gasteiger partial charge is 0.254 e. The second-order valence-corrected chi connectivity index (χ2v) is 4.37. The molecule has 1 aromatic carbocycles. The van der Waals surface area contributed by atoms with Crippen molar-refractivity contribution in [3.8, 4) is 34.6 Å². The monoisotopic (exact) mass is 301 g/mol. The predicted octanol–water partition coefficient (Wildman–Crippen LogP) is 1.68. The van der Waals surface area contributed by atoms with Crippen LogP contribution in [0.5, 0.6) is 17.2 Å². The number of rotatable bonds is 5. The molecule has 3 rings (SSSR count). The number of nitrogens with one attached hydrogen (secondary N) is 1. The number of ether oxygens (including phenoxy) is 3. The lowest BCUT2D eigenvalue weighted by atomic mass is 10.1. The Kier molecular flexibility index (Phi) is 3.65. The zero-order chi connectivity index (χ0) is 15.5. The van der Waals surface area contributed by atoms with Gasteiger partial charge >= 0.3 is 0 Å². The van der Waals surface area contributed by atoms with Gasteiger partial charge in [-0.1, -0.05) is 0 Å². The van der Waals surface area contributed by atoms with E-state index < -0.39 is 0 Å². The van der Waals surface area contributed by atoms with Gasteiger partial charge in [0.2, 0.25) is 5.75 Å². The van der Waals surface area contributed by atoms with Crippen LogP contribution < -0.4 is 14.2 Å². The van der Waals surface area contributed by atoms with Crippen LogP contribution in [0, 0.1) is 0 Å². The van der Waals surface area contributed by atoms with E-state index in [0.29, 0.717) is 29.0 Å². The molecule has 0 fully saturated rings. The fourth-order valence-corrected chi connectivity index (χ4v) is 2.09. The van der Waals surface area contributed by atoms with Gasteiger partial charge in [0.05, 0.1) is 21.3 Å². The predicted molar refractivity (Wildman–Crippen MR) is 78.6 cm³/mol. The van der Waals surface area contributed by atoms with Crippen molar-refractivity contribution >= 4 is 0 Å². The molecule has 0 aliphatic heterocycles. The third-order valence-corrected chi connectivity index (χ3v) is 3.15. The van der Waals surface area contributed by atoms with Crippen LogP contribution in [0.4, 0.5) is 0 Å². The Balaban J connectivity index is 2.05. The molecule has 8 heteroatoms. The van der Waals surface area contributed by atoms with Crippen LogP contribution in [0.3, 0.4) is 0 Å². The Hall–Kier alpha value is -3.03. The molecule has 0 saturated heterocycles. The van der Waals surface area contributed by atoms with Gasteiger partial charge in [-0.2, -0.15) is 4.98 Å². The van der Waals surface area contributed by atoms with Gasteiger partial charge in [-0.05, 0) is 12.1 Å². The average Bonchev–Trinajstić information content (AvgIpc) is 3.23. The second-order valence-electron chi connectivity index (χ2n) is 4.37.